The summed E-state index contributed by atoms with van der Waals surface area (Å²) in [7, 11) is 0. The lowest BCUT2D eigenvalue weighted by atomic mass is 10.3. The van der Waals surface area contributed by atoms with Crippen LogP contribution in [0.5, 0.6) is 5.75 Å². The fourth-order valence-corrected chi connectivity index (χ4v) is 1.64. The number of nitrogens with one attached hydrogen (secondary N) is 1. The first-order valence-corrected chi connectivity index (χ1v) is 6.29. The van der Waals surface area contributed by atoms with Crippen LogP contribution in [0, 0.1) is 0 Å². The molecule has 0 saturated heterocycles. The van der Waals surface area contributed by atoms with Gasteiger partial charge in [-0.15, -0.1) is 0 Å². The lowest BCUT2D eigenvalue weighted by molar-refractivity contribution is 0.107. The molecule has 0 aliphatic rings. The van der Waals surface area contributed by atoms with E-state index < -0.39 is 6.10 Å². The Kier molecular flexibility index (Phi) is 6.26. The zero-order valence-corrected chi connectivity index (χ0v) is 11.5. The van der Waals surface area contributed by atoms with Crippen LogP contribution in [-0.2, 0) is 0 Å². The zero-order chi connectivity index (χ0) is 12.7. The summed E-state index contributed by atoms with van der Waals surface area (Å²) in [5.74, 6) is 0.748. The molecule has 1 atom stereocenters. The molecule has 1 aromatic carbocycles. The molecule has 0 aromatic heterocycles. The molecule has 3 nitrogen and oxygen atoms in total. The summed E-state index contributed by atoms with van der Waals surface area (Å²) in [5, 5.41) is 12.8. The Morgan fingerprint density at radius 2 is 2.35 bits per heavy atom. The molecule has 1 unspecified atom stereocenters. The number of hydrogen-bond donors (Lipinski definition) is 2. The van der Waals surface area contributed by atoms with Crippen LogP contribution in [0.1, 0.15) is 6.92 Å². The van der Waals surface area contributed by atoms with E-state index in [-0.39, 0.29) is 6.61 Å². The third kappa shape index (κ3) is 6.46. The maximum Gasteiger partial charge on any atom is 0.120 e. The second-order valence-corrected chi connectivity index (χ2v) is 4.93. The van der Waals surface area contributed by atoms with Crippen molar-refractivity contribution in [3.8, 4) is 5.75 Å². The molecule has 17 heavy (non-hydrogen) atoms. The highest BCUT2D eigenvalue weighted by Gasteiger charge is 2.04. The van der Waals surface area contributed by atoms with Gasteiger partial charge in [0.15, 0.2) is 0 Å². The van der Waals surface area contributed by atoms with Gasteiger partial charge in [0, 0.05) is 17.6 Å². The second-order valence-electron chi connectivity index (χ2n) is 4.01. The Bertz CT molecular complexity index is 368. The molecule has 0 aliphatic heterocycles. The standard InChI is InChI=1S/C13H18BrNO2/c1-10(2)7-15-8-12(16)9-17-13-5-3-4-11(14)6-13/h3-6,12,15-16H,1,7-9H2,2H3. The fourth-order valence-electron chi connectivity index (χ4n) is 1.26. The third-order valence-electron chi connectivity index (χ3n) is 2.05. The first kappa shape index (κ1) is 14.2. The van der Waals surface area contributed by atoms with Crippen LogP contribution in [-0.4, -0.2) is 30.9 Å². The molecule has 0 aliphatic carbocycles. The van der Waals surface area contributed by atoms with Crippen LogP contribution < -0.4 is 10.1 Å². The Hall–Kier alpha value is -0.840. The molecule has 1 rings (SSSR count). The summed E-state index contributed by atoms with van der Waals surface area (Å²) in [4.78, 5) is 0. The Labute approximate surface area is 111 Å². The number of hydrogen-bond acceptors (Lipinski definition) is 3. The fraction of sp³-hybridized carbons (Fsp3) is 0.385. The van der Waals surface area contributed by atoms with Gasteiger partial charge in [-0.2, -0.15) is 0 Å². The van der Waals surface area contributed by atoms with E-state index in [0.29, 0.717) is 13.1 Å². The monoisotopic (exact) mass is 299 g/mol. The molecule has 0 spiro atoms. The van der Waals surface area contributed by atoms with E-state index in [1.54, 1.807) is 0 Å². The Balaban J connectivity index is 2.23. The van der Waals surface area contributed by atoms with E-state index >= 15 is 0 Å². The van der Waals surface area contributed by atoms with Crippen molar-refractivity contribution in [3.63, 3.8) is 0 Å². The summed E-state index contributed by atoms with van der Waals surface area (Å²) in [6, 6.07) is 7.55. The van der Waals surface area contributed by atoms with Crippen molar-refractivity contribution in [2.45, 2.75) is 13.0 Å². The molecule has 0 heterocycles. The van der Waals surface area contributed by atoms with Crippen LogP contribution in [0.25, 0.3) is 0 Å². The van der Waals surface area contributed by atoms with Crippen molar-refractivity contribution in [3.05, 3.63) is 40.9 Å². The predicted octanol–water partition coefficient (Wildman–Crippen LogP) is 2.35. The van der Waals surface area contributed by atoms with E-state index in [9.17, 15) is 5.11 Å². The topological polar surface area (TPSA) is 41.5 Å². The van der Waals surface area contributed by atoms with E-state index in [0.717, 1.165) is 15.8 Å². The van der Waals surface area contributed by atoms with E-state index in [4.69, 9.17) is 4.74 Å². The largest absolute Gasteiger partial charge is 0.491 e. The average Bonchev–Trinajstić information content (AvgIpc) is 2.26. The van der Waals surface area contributed by atoms with Crippen LogP contribution in [0.15, 0.2) is 40.9 Å². The minimum Gasteiger partial charge on any atom is -0.491 e. The molecular formula is C13H18BrNO2. The third-order valence-corrected chi connectivity index (χ3v) is 2.54. The smallest absolute Gasteiger partial charge is 0.120 e. The summed E-state index contributed by atoms with van der Waals surface area (Å²) < 4.78 is 6.43. The highest BCUT2D eigenvalue weighted by Crippen LogP contribution is 2.17. The van der Waals surface area contributed by atoms with Gasteiger partial charge in [0.2, 0.25) is 0 Å². The maximum absolute atomic E-state index is 9.66. The van der Waals surface area contributed by atoms with Crippen LogP contribution in [0.3, 0.4) is 0 Å². The number of aliphatic hydroxyl groups excluding tert-OH is 1. The molecule has 4 heteroatoms. The number of rotatable bonds is 7. The lowest BCUT2D eigenvalue weighted by Gasteiger charge is -2.13. The quantitative estimate of drug-likeness (QED) is 0.760. The first-order chi connectivity index (χ1) is 8.08. The zero-order valence-electron chi connectivity index (χ0n) is 9.95. The van der Waals surface area contributed by atoms with Gasteiger partial charge in [-0.1, -0.05) is 34.1 Å². The minimum atomic E-state index is -0.520. The van der Waals surface area contributed by atoms with E-state index in [1.165, 1.54) is 0 Å². The first-order valence-electron chi connectivity index (χ1n) is 5.49. The molecule has 0 radical (unpaired) electrons. The van der Waals surface area contributed by atoms with Crippen LogP contribution in [0.4, 0.5) is 0 Å². The van der Waals surface area contributed by atoms with Gasteiger partial charge in [0.25, 0.3) is 0 Å². The summed E-state index contributed by atoms with van der Waals surface area (Å²) in [5.41, 5.74) is 1.05. The van der Waals surface area contributed by atoms with Crippen molar-refractivity contribution in [1.82, 2.24) is 5.32 Å². The van der Waals surface area contributed by atoms with Gasteiger partial charge in [0.1, 0.15) is 18.5 Å². The van der Waals surface area contributed by atoms with Gasteiger partial charge in [-0.25, -0.2) is 0 Å². The van der Waals surface area contributed by atoms with E-state index in [1.807, 2.05) is 31.2 Å². The van der Waals surface area contributed by atoms with Crippen molar-refractivity contribution < 1.29 is 9.84 Å². The molecule has 0 amide bonds. The molecule has 0 saturated carbocycles. The Morgan fingerprint density at radius 1 is 1.59 bits per heavy atom. The number of benzene rings is 1. The number of halogens is 1. The SMILES string of the molecule is C=C(C)CNCC(O)COc1cccc(Br)c1. The molecule has 0 fully saturated rings. The van der Waals surface area contributed by atoms with Gasteiger partial charge < -0.3 is 15.2 Å². The van der Waals surface area contributed by atoms with Gasteiger partial charge in [-0.3, -0.25) is 0 Å². The normalized spacial score (nSPS) is 12.2. The lowest BCUT2D eigenvalue weighted by Crippen LogP contribution is -2.32. The molecular weight excluding hydrogens is 282 g/mol. The van der Waals surface area contributed by atoms with Crippen molar-refractivity contribution in [2.24, 2.45) is 0 Å². The average molecular weight is 300 g/mol. The van der Waals surface area contributed by atoms with Crippen molar-refractivity contribution >= 4 is 15.9 Å². The van der Waals surface area contributed by atoms with Gasteiger partial charge >= 0.3 is 0 Å². The molecule has 0 bridgehead atoms. The molecule has 1 aromatic rings. The molecule has 94 valence electrons. The highest BCUT2D eigenvalue weighted by atomic mass is 79.9. The molecule has 2 N–H and O–H groups in total. The van der Waals surface area contributed by atoms with Crippen LogP contribution in [0.2, 0.25) is 0 Å². The Morgan fingerprint density at radius 3 is 3.00 bits per heavy atom. The second kappa shape index (κ2) is 7.48. The van der Waals surface area contributed by atoms with Gasteiger partial charge in [0.05, 0.1) is 0 Å². The summed E-state index contributed by atoms with van der Waals surface area (Å²) in [6.45, 7) is 7.21. The highest BCUT2D eigenvalue weighted by molar-refractivity contribution is 9.10. The summed E-state index contributed by atoms with van der Waals surface area (Å²) in [6.07, 6.45) is -0.520. The van der Waals surface area contributed by atoms with Crippen molar-refractivity contribution in [1.29, 1.82) is 0 Å². The van der Waals surface area contributed by atoms with Crippen LogP contribution >= 0.6 is 15.9 Å². The minimum absolute atomic E-state index is 0.277. The maximum atomic E-state index is 9.66. The predicted molar refractivity (Wildman–Crippen MR) is 73.3 cm³/mol. The number of ether oxygens (including phenoxy) is 1. The van der Waals surface area contributed by atoms with Gasteiger partial charge in [-0.05, 0) is 25.1 Å². The number of aliphatic hydroxyl groups is 1. The summed E-state index contributed by atoms with van der Waals surface area (Å²) >= 11 is 3.36. The van der Waals surface area contributed by atoms with Crippen molar-refractivity contribution in [2.75, 3.05) is 19.7 Å². The van der Waals surface area contributed by atoms with E-state index in [2.05, 4.69) is 27.8 Å².